The highest BCUT2D eigenvalue weighted by Gasteiger charge is 2.10. The maximum atomic E-state index is 9.62. The maximum Gasteiger partial charge on any atom is 0.117 e. The normalized spacial score (nSPS) is 12.5. The lowest BCUT2D eigenvalue weighted by molar-refractivity contribution is 0.199. The Kier molecular flexibility index (Phi) is 4.24. The number of hydrogen-bond donors (Lipinski definition) is 1. The van der Waals surface area contributed by atoms with Gasteiger partial charge in [-0.05, 0) is 46.6 Å². The minimum absolute atomic E-state index is 0.472. The molecule has 21 heavy (non-hydrogen) atoms. The van der Waals surface area contributed by atoms with Crippen LogP contribution in [0.3, 0.4) is 0 Å². The third-order valence-electron chi connectivity index (χ3n) is 3.15. The Morgan fingerprint density at radius 3 is 2.71 bits per heavy atom. The molecular weight excluding hydrogens is 348 g/mol. The number of para-hydroxylation sites is 1. The quantitative estimate of drug-likeness (QED) is 0.693. The van der Waals surface area contributed by atoms with Gasteiger partial charge in [0.2, 0.25) is 0 Å². The van der Waals surface area contributed by atoms with Crippen LogP contribution in [-0.4, -0.2) is 15.1 Å². The van der Waals surface area contributed by atoms with E-state index in [1.807, 2.05) is 42.5 Å². The summed E-state index contributed by atoms with van der Waals surface area (Å²) in [6, 6.07) is 13.8. The van der Waals surface area contributed by atoms with Gasteiger partial charge in [0.1, 0.15) is 11.4 Å². The molecular formula is C16H13BrN2OS. The molecule has 106 valence electrons. The first-order valence-corrected chi connectivity index (χ1v) is 8.11. The van der Waals surface area contributed by atoms with Gasteiger partial charge in [-0.25, -0.2) is 9.97 Å². The minimum Gasteiger partial charge on any atom is -0.389 e. The number of aromatic nitrogens is 2. The molecule has 0 aliphatic carbocycles. The van der Waals surface area contributed by atoms with E-state index in [2.05, 4.69) is 25.9 Å². The summed E-state index contributed by atoms with van der Waals surface area (Å²) < 4.78 is 0.952. The molecule has 0 spiro atoms. The smallest absolute Gasteiger partial charge is 0.117 e. The lowest BCUT2D eigenvalue weighted by atomic mass is 10.1. The van der Waals surface area contributed by atoms with E-state index >= 15 is 0 Å². The third kappa shape index (κ3) is 3.10. The maximum absolute atomic E-state index is 9.62. The number of halogens is 1. The van der Waals surface area contributed by atoms with Crippen LogP contribution in [0.1, 0.15) is 18.6 Å². The molecule has 3 nitrogen and oxygen atoms in total. The first kappa shape index (κ1) is 14.5. The Morgan fingerprint density at radius 2 is 1.95 bits per heavy atom. The molecule has 0 aliphatic rings. The Labute approximate surface area is 135 Å². The molecule has 1 unspecified atom stereocenters. The molecule has 0 amide bonds. The van der Waals surface area contributed by atoms with Crippen LogP contribution in [0.25, 0.3) is 10.9 Å². The van der Waals surface area contributed by atoms with Crippen LogP contribution in [0.15, 0.2) is 63.2 Å². The zero-order chi connectivity index (χ0) is 14.8. The Morgan fingerprint density at radius 1 is 1.14 bits per heavy atom. The molecule has 1 N–H and O–H groups in total. The predicted octanol–water partition coefficient (Wildman–Crippen LogP) is 4.60. The van der Waals surface area contributed by atoms with Crippen LogP contribution in [0.2, 0.25) is 0 Å². The summed E-state index contributed by atoms with van der Waals surface area (Å²) in [5.74, 6) is 0. The van der Waals surface area contributed by atoms with E-state index < -0.39 is 6.10 Å². The second-order valence-electron chi connectivity index (χ2n) is 4.66. The monoisotopic (exact) mass is 360 g/mol. The molecule has 0 bridgehead atoms. The number of aliphatic hydroxyl groups excluding tert-OH is 1. The van der Waals surface area contributed by atoms with Crippen molar-refractivity contribution in [3.05, 3.63) is 58.8 Å². The molecule has 5 heteroatoms. The van der Waals surface area contributed by atoms with E-state index in [1.54, 1.807) is 25.0 Å². The predicted molar refractivity (Wildman–Crippen MR) is 88.4 cm³/mol. The van der Waals surface area contributed by atoms with Gasteiger partial charge >= 0.3 is 0 Å². The topological polar surface area (TPSA) is 46.0 Å². The average molecular weight is 361 g/mol. The molecule has 0 radical (unpaired) electrons. The SMILES string of the molecule is CC(O)c1ccc(Sc2ncnc3ccccc23)c(Br)c1. The van der Waals surface area contributed by atoms with Crippen LogP contribution < -0.4 is 0 Å². The van der Waals surface area contributed by atoms with Crippen molar-refractivity contribution in [1.29, 1.82) is 0 Å². The van der Waals surface area contributed by atoms with Gasteiger partial charge in [0.25, 0.3) is 0 Å². The van der Waals surface area contributed by atoms with Crippen molar-refractivity contribution < 1.29 is 5.11 Å². The van der Waals surface area contributed by atoms with Gasteiger partial charge in [0.05, 0.1) is 11.6 Å². The van der Waals surface area contributed by atoms with Crippen molar-refractivity contribution in [2.45, 2.75) is 22.9 Å². The second-order valence-corrected chi connectivity index (χ2v) is 6.55. The fourth-order valence-electron chi connectivity index (χ4n) is 2.03. The number of benzene rings is 2. The van der Waals surface area contributed by atoms with Crippen LogP contribution in [-0.2, 0) is 0 Å². The van der Waals surface area contributed by atoms with Crippen LogP contribution in [0.4, 0.5) is 0 Å². The summed E-state index contributed by atoms with van der Waals surface area (Å²) in [6.07, 6.45) is 1.11. The van der Waals surface area contributed by atoms with Gasteiger partial charge in [-0.3, -0.25) is 0 Å². The van der Waals surface area contributed by atoms with Crippen molar-refractivity contribution in [3.63, 3.8) is 0 Å². The summed E-state index contributed by atoms with van der Waals surface area (Å²) in [7, 11) is 0. The molecule has 3 aromatic rings. The first-order valence-electron chi connectivity index (χ1n) is 6.50. The standard InChI is InChI=1S/C16H13BrN2OS/c1-10(20)11-6-7-15(13(17)8-11)21-16-12-4-2-3-5-14(12)18-9-19-16/h2-10,20H,1H3. The Balaban J connectivity index is 1.99. The number of hydrogen-bond acceptors (Lipinski definition) is 4. The van der Waals surface area contributed by atoms with Gasteiger partial charge in [-0.1, -0.05) is 36.0 Å². The van der Waals surface area contributed by atoms with Gasteiger partial charge in [0.15, 0.2) is 0 Å². The fraction of sp³-hybridized carbons (Fsp3) is 0.125. The highest BCUT2D eigenvalue weighted by Crippen LogP contribution is 2.36. The number of nitrogens with zero attached hydrogens (tertiary/aromatic N) is 2. The summed E-state index contributed by atoms with van der Waals surface area (Å²) in [5, 5.41) is 11.6. The molecule has 0 fully saturated rings. The van der Waals surface area contributed by atoms with Crippen LogP contribution in [0.5, 0.6) is 0 Å². The molecule has 3 rings (SSSR count). The van der Waals surface area contributed by atoms with Crippen molar-refractivity contribution in [2.75, 3.05) is 0 Å². The van der Waals surface area contributed by atoms with Crippen LogP contribution in [0, 0.1) is 0 Å². The summed E-state index contributed by atoms with van der Waals surface area (Å²) in [5.41, 5.74) is 1.82. The molecule has 1 atom stereocenters. The molecule has 0 aliphatic heterocycles. The van der Waals surface area contributed by atoms with Gasteiger partial charge < -0.3 is 5.11 Å². The molecule has 1 aromatic heterocycles. The van der Waals surface area contributed by atoms with Gasteiger partial charge in [-0.2, -0.15) is 0 Å². The molecule has 1 heterocycles. The molecule has 0 saturated heterocycles. The minimum atomic E-state index is -0.472. The van der Waals surface area contributed by atoms with Gasteiger partial charge in [0, 0.05) is 14.8 Å². The van der Waals surface area contributed by atoms with Crippen molar-refractivity contribution in [2.24, 2.45) is 0 Å². The van der Waals surface area contributed by atoms with Crippen molar-refractivity contribution >= 4 is 38.6 Å². The second kappa shape index (κ2) is 6.13. The van der Waals surface area contributed by atoms with Crippen molar-refractivity contribution in [3.8, 4) is 0 Å². The fourth-order valence-corrected chi connectivity index (χ4v) is 3.55. The molecule has 2 aromatic carbocycles. The first-order chi connectivity index (χ1) is 10.1. The van der Waals surface area contributed by atoms with E-state index in [4.69, 9.17) is 0 Å². The zero-order valence-corrected chi connectivity index (χ0v) is 13.7. The lowest BCUT2D eigenvalue weighted by Gasteiger charge is -2.09. The summed E-state index contributed by atoms with van der Waals surface area (Å²) in [4.78, 5) is 9.72. The van der Waals surface area contributed by atoms with E-state index in [-0.39, 0.29) is 0 Å². The van der Waals surface area contributed by atoms with Gasteiger partial charge in [-0.15, -0.1) is 0 Å². The average Bonchev–Trinajstić information content (AvgIpc) is 2.49. The van der Waals surface area contributed by atoms with E-state index in [1.165, 1.54) is 0 Å². The van der Waals surface area contributed by atoms with Crippen molar-refractivity contribution in [1.82, 2.24) is 9.97 Å². The zero-order valence-electron chi connectivity index (χ0n) is 11.3. The Bertz CT molecular complexity index is 787. The highest BCUT2D eigenvalue weighted by molar-refractivity contribution is 9.10. The number of fused-ring (bicyclic) bond motifs is 1. The van der Waals surface area contributed by atoms with Crippen LogP contribution >= 0.6 is 27.7 Å². The highest BCUT2D eigenvalue weighted by atomic mass is 79.9. The van der Waals surface area contributed by atoms with E-state index in [0.29, 0.717) is 0 Å². The Hall–Kier alpha value is -1.43. The third-order valence-corrected chi connectivity index (χ3v) is 5.16. The largest absolute Gasteiger partial charge is 0.389 e. The number of aliphatic hydroxyl groups is 1. The lowest BCUT2D eigenvalue weighted by Crippen LogP contribution is -1.91. The van der Waals surface area contributed by atoms with E-state index in [0.717, 1.165) is 30.9 Å². The van der Waals surface area contributed by atoms with E-state index in [9.17, 15) is 5.11 Å². The summed E-state index contributed by atoms with van der Waals surface area (Å²) >= 11 is 5.15. The summed E-state index contributed by atoms with van der Waals surface area (Å²) in [6.45, 7) is 1.76. The molecule has 0 saturated carbocycles. The number of rotatable bonds is 3.